The van der Waals surface area contributed by atoms with Crippen LogP contribution in [0.5, 0.6) is 0 Å². The zero-order valence-electron chi connectivity index (χ0n) is 8.72. The molecule has 1 N–H and O–H groups in total. The summed E-state index contributed by atoms with van der Waals surface area (Å²) in [6.07, 6.45) is 1.67. The first-order valence-corrected chi connectivity index (χ1v) is 6.94. The zero-order valence-corrected chi connectivity index (χ0v) is 9.53. The Bertz CT molecular complexity index is 502. The van der Waals surface area contributed by atoms with Gasteiger partial charge in [-0.3, -0.25) is 0 Å². The number of aryl methyl sites for hydroxylation is 1. The molecular formula is C9H13N3O3S. The number of imidazole rings is 1. The number of sulfone groups is 1. The topological polar surface area (TPSA) is 73.2 Å². The summed E-state index contributed by atoms with van der Waals surface area (Å²) in [5.41, 5.74) is 0.713. The Labute approximate surface area is 93.5 Å². The quantitative estimate of drug-likeness (QED) is 0.708. The van der Waals surface area contributed by atoms with Gasteiger partial charge < -0.3 is 14.6 Å². The van der Waals surface area contributed by atoms with Crippen molar-refractivity contribution < 1.29 is 13.2 Å². The number of hydrogen-bond donors (Lipinski definition) is 1. The van der Waals surface area contributed by atoms with Crippen molar-refractivity contribution in [2.45, 2.75) is 17.8 Å². The molecule has 1 unspecified atom stereocenters. The van der Waals surface area contributed by atoms with E-state index in [4.69, 9.17) is 4.74 Å². The number of hydrogen-bond acceptors (Lipinski definition) is 5. The van der Waals surface area contributed by atoms with E-state index in [1.165, 1.54) is 0 Å². The Morgan fingerprint density at radius 2 is 2.44 bits per heavy atom. The Morgan fingerprint density at radius 3 is 3.12 bits per heavy atom. The standard InChI is InChI=1S/C9H13N3O3S/c13-16(14)4-2-12-6-7(11-9(12)16)8-5-10-1-3-15-8/h6,8,10H,1-5H2. The summed E-state index contributed by atoms with van der Waals surface area (Å²) in [5.74, 6) is 0.166. The van der Waals surface area contributed by atoms with Crippen LogP contribution in [0.3, 0.4) is 0 Å². The molecule has 88 valence electrons. The highest BCUT2D eigenvalue weighted by atomic mass is 32.2. The Morgan fingerprint density at radius 1 is 1.56 bits per heavy atom. The predicted octanol–water partition coefficient (Wildman–Crippen LogP) is -0.669. The third kappa shape index (κ3) is 1.55. The summed E-state index contributed by atoms with van der Waals surface area (Å²) >= 11 is 0. The smallest absolute Gasteiger partial charge is 0.228 e. The van der Waals surface area contributed by atoms with Gasteiger partial charge in [0.15, 0.2) is 0 Å². The molecule has 6 nitrogen and oxygen atoms in total. The summed E-state index contributed by atoms with van der Waals surface area (Å²) in [7, 11) is -3.15. The van der Waals surface area contributed by atoms with Crippen molar-refractivity contribution >= 4 is 9.84 Å². The molecule has 7 heteroatoms. The minimum atomic E-state index is -3.15. The maximum atomic E-state index is 11.6. The van der Waals surface area contributed by atoms with E-state index in [0.717, 1.165) is 6.54 Å². The fourth-order valence-corrected chi connectivity index (χ4v) is 3.41. The molecule has 0 aliphatic carbocycles. The second kappa shape index (κ2) is 3.54. The van der Waals surface area contributed by atoms with Crippen LogP contribution in [0.25, 0.3) is 0 Å². The molecule has 0 aromatic carbocycles. The molecular weight excluding hydrogens is 230 g/mol. The molecule has 0 radical (unpaired) electrons. The number of aromatic nitrogens is 2. The first kappa shape index (κ1) is 10.2. The molecule has 0 saturated carbocycles. The van der Waals surface area contributed by atoms with Gasteiger partial charge in [0, 0.05) is 25.8 Å². The monoisotopic (exact) mass is 243 g/mol. The van der Waals surface area contributed by atoms with Gasteiger partial charge in [0.25, 0.3) is 0 Å². The Balaban J connectivity index is 1.94. The molecule has 1 saturated heterocycles. The van der Waals surface area contributed by atoms with Crippen LogP contribution in [0.2, 0.25) is 0 Å². The van der Waals surface area contributed by atoms with E-state index in [-0.39, 0.29) is 17.0 Å². The molecule has 0 amide bonds. The van der Waals surface area contributed by atoms with E-state index in [0.29, 0.717) is 25.4 Å². The van der Waals surface area contributed by atoms with Crippen molar-refractivity contribution in [2.24, 2.45) is 0 Å². The first-order chi connectivity index (χ1) is 7.67. The van der Waals surface area contributed by atoms with Gasteiger partial charge in [0.05, 0.1) is 18.1 Å². The Kier molecular flexibility index (Phi) is 2.27. The van der Waals surface area contributed by atoms with E-state index < -0.39 is 9.84 Å². The molecule has 1 aromatic rings. The third-order valence-electron chi connectivity index (χ3n) is 2.90. The number of ether oxygens (including phenoxy) is 1. The molecule has 16 heavy (non-hydrogen) atoms. The molecule has 3 rings (SSSR count). The largest absolute Gasteiger partial charge is 0.369 e. The molecule has 1 fully saturated rings. The van der Waals surface area contributed by atoms with Crippen LogP contribution in [0.4, 0.5) is 0 Å². The second-order valence-corrected chi connectivity index (χ2v) is 6.03. The van der Waals surface area contributed by atoms with Crippen molar-refractivity contribution in [1.82, 2.24) is 14.9 Å². The van der Waals surface area contributed by atoms with Gasteiger partial charge in [-0.25, -0.2) is 13.4 Å². The molecule has 2 aliphatic heterocycles. The maximum absolute atomic E-state index is 11.6. The number of nitrogens with one attached hydrogen (secondary N) is 1. The first-order valence-electron chi connectivity index (χ1n) is 5.29. The number of rotatable bonds is 1. The van der Waals surface area contributed by atoms with E-state index in [1.807, 2.05) is 0 Å². The van der Waals surface area contributed by atoms with Crippen LogP contribution in [-0.4, -0.2) is 43.4 Å². The van der Waals surface area contributed by atoms with Crippen molar-refractivity contribution in [3.63, 3.8) is 0 Å². The summed E-state index contributed by atoms with van der Waals surface area (Å²) in [5, 5.41) is 3.39. The van der Waals surface area contributed by atoms with E-state index in [2.05, 4.69) is 10.3 Å². The van der Waals surface area contributed by atoms with E-state index in [9.17, 15) is 8.42 Å². The van der Waals surface area contributed by atoms with Crippen molar-refractivity contribution in [3.8, 4) is 0 Å². The predicted molar refractivity (Wildman–Crippen MR) is 55.8 cm³/mol. The van der Waals surface area contributed by atoms with Crippen LogP contribution < -0.4 is 5.32 Å². The molecule has 3 heterocycles. The number of nitrogens with zero attached hydrogens (tertiary/aromatic N) is 2. The maximum Gasteiger partial charge on any atom is 0.228 e. The average molecular weight is 243 g/mol. The lowest BCUT2D eigenvalue weighted by atomic mass is 10.2. The van der Waals surface area contributed by atoms with Gasteiger partial charge in [0.2, 0.25) is 15.0 Å². The molecule has 1 aromatic heterocycles. The summed E-state index contributed by atoms with van der Waals surface area (Å²) in [6, 6.07) is 0. The molecule has 0 bridgehead atoms. The summed E-state index contributed by atoms with van der Waals surface area (Å²) in [6.45, 7) is 2.67. The van der Waals surface area contributed by atoms with Crippen LogP contribution >= 0.6 is 0 Å². The SMILES string of the molecule is O=S1(=O)CCn2cc(C3CNCCO3)nc21. The Hall–Kier alpha value is -0.920. The highest BCUT2D eigenvalue weighted by Gasteiger charge is 2.31. The molecule has 2 aliphatic rings. The van der Waals surface area contributed by atoms with Crippen LogP contribution in [0.1, 0.15) is 11.8 Å². The normalized spacial score (nSPS) is 27.9. The van der Waals surface area contributed by atoms with Crippen LogP contribution in [0.15, 0.2) is 11.4 Å². The van der Waals surface area contributed by atoms with Crippen LogP contribution in [0, 0.1) is 0 Å². The highest BCUT2D eigenvalue weighted by Crippen LogP contribution is 2.24. The zero-order chi connectivity index (χ0) is 11.2. The fraction of sp³-hybridized carbons (Fsp3) is 0.667. The number of fused-ring (bicyclic) bond motifs is 1. The second-order valence-electron chi connectivity index (χ2n) is 4.02. The van der Waals surface area contributed by atoms with Crippen molar-refractivity contribution in [1.29, 1.82) is 0 Å². The summed E-state index contributed by atoms with van der Waals surface area (Å²) in [4.78, 5) is 4.18. The number of morpholine rings is 1. The van der Waals surface area contributed by atoms with Gasteiger partial charge in [0.1, 0.15) is 6.10 Å². The van der Waals surface area contributed by atoms with Crippen LogP contribution in [-0.2, 0) is 21.1 Å². The van der Waals surface area contributed by atoms with Gasteiger partial charge in [-0.05, 0) is 0 Å². The minimum Gasteiger partial charge on any atom is -0.369 e. The van der Waals surface area contributed by atoms with Crippen molar-refractivity contribution in [3.05, 3.63) is 11.9 Å². The summed E-state index contributed by atoms with van der Waals surface area (Å²) < 4.78 is 30.5. The minimum absolute atomic E-state index is 0.123. The van der Waals surface area contributed by atoms with Gasteiger partial charge in [-0.15, -0.1) is 0 Å². The third-order valence-corrected chi connectivity index (χ3v) is 4.50. The van der Waals surface area contributed by atoms with Gasteiger partial charge in [-0.2, -0.15) is 0 Å². The van der Waals surface area contributed by atoms with Crippen molar-refractivity contribution in [2.75, 3.05) is 25.4 Å². The van der Waals surface area contributed by atoms with Gasteiger partial charge in [-0.1, -0.05) is 0 Å². The molecule has 1 atom stereocenters. The highest BCUT2D eigenvalue weighted by molar-refractivity contribution is 7.91. The van der Waals surface area contributed by atoms with E-state index in [1.54, 1.807) is 10.8 Å². The van der Waals surface area contributed by atoms with E-state index >= 15 is 0 Å². The lowest BCUT2D eigenvalue weighted by Gasteiger charge is -2.21. The fourth-order valence-electron chi connectivity index (χ4n) is 2.05. The van der Waals surface area contributed by atoms with Gasteiger partial charge >= 0.3 is 0 Å². The lowest BCUT2D eigenvalue weighted by molar-refractivity contribution is 0.0250. The average Bonchev–Trinajstić information content (AvgIpc) is 2.82. The lowest BCUT2D eigenvalue weighted by Crippen LogP contribution is -2.33. The molecule has 0 spiro atoms.